The van der Waals surface area contributed by atoms with Gasteiger partial charge in [0.2, 0.25) is 0 Å². The Morgan fingerprint density at radius 3 is 1.87 bits per heavy atom. The second-order valence-corrected chi connectivity index (χ2v) is 6.22. The summed E-state index contributed by atoms with van der Waals surface area (Å²) in [6, 6.07) is 6.86. The molecule has 0 aliphatic heterocycles. The van der Waals surface area contributed by atoms with E-state index in [0.29, 0.717) is 0 Å². The molecule has 0 saturated carbocycles. The minimum Gasteiger partial charge on any atom is -0.547 e. The fraction of sp³-hybridized carbons (Fsp3) is 0.455. The van der Waals surface area contributed by atoms with Gasteiger partial charge >= 0.3 is 0 Å². The molecule has 0 aromatic heterocycles. The molecule has 0 spiro atoms. The maximum atomic E-state index is 11.4. The molecule has 4 heteroatoms. The van der Waals surface area contributed by atoms with Crippen molar-refractivity contribution in [3.05, 3.63) is 34.6 Å². The normalized spacial score (nSPS) is 12.8. The number of hydrogen-bond donors (Lipinski definition) is 0. The van der Waals surface area contributed by atoms with Gasteiger partial charge in [-0.25, -0.2) is 8.42 Å². The third-order valence-corrected chi connectivity index (χ3v) is 3.61. The van der Waals surface area contributed by atoms with Gasteiger partial charge in [-0.15, -0.1) is 0 Å². The first kappa shape index (κ1) is 12.2. The maximum Gasteiger partial charge on any atom is 0.101 e. The molecule has 0 aliphatic rings. The van der Waals surface area contributed by atoms with E-state index in [2.05, 4.69) is 25.5 Å². The Morgan fingerprint density at radius 1 is 1.07 bits per heavy atom. The molecule has 0 atom stereocenters. The van der Waals surface area contributed by atoms with Crippen LogP contribution in [0.3, 0.4) is 0 Å². The first-order valence-electron chi connectivity index (χ1n) is 4.74. The third kappa shape index (κ3) is 2.79. The van der Waals surface area contributed by atoms with Crippen LogP contribution < -0.4 is 0 Å². The zero-order valence-electron chi connectivity index (χ0n) is 9.48. The van der Waals surface area contributed by atoms with Gasteiger partial charge in [0.1, 0.15) is 10.0 Å². The Kier molecular flexibility index (Phi) is 3.21. The van der Waals surface area contributed by atoms with Crippen LogP contribution in [0, 0.1) is 0 Å². The summed E-state index contributed by atoms with van der Waals surface area (Å²) in [5.41, 5.74) is 1.14. The Hall–Kier alpha value is -0.870. The summed E-state index contributed by atoms with van der Waals surface area (Å²) < 4.78 is 26.1. The average Bonchev–Trinajstić information content (AvgIpc) is 2.17. The monoisotopic (exact) mass is 226 g/mol. The summed E-state index contributed by atoms with van der Waals surface area (Å²) in [5, 5.41) is 0. The fourth-order valence-corrected chi connectivity index (χ4v) is 1.92. The lowest BCUT2D eigenvalue weighted by Gasteiger charge is -2.20. The van der Waals surface area contributed by atoms with Gasteiger partial charge in [-0.3, -0.25) is 0 Å². The lowest BCUT2D eigenvalue weighted by atomic mass is 9.87. The minimum absolute atomic E-state index is 0.0334. The van der Waals surface area contributed by atoms with Crippen LogP contribution >= 0.6 is 0 Å². The minimum atomic E-state index is -3.44. The molecule has 1 rings (SSSR count). The van der Waals surface area contributed by atoms with Crippen LogP contribution in [0.25, 0.3) is 4.72 Å². The van der Waals surface area contributed by atoms with Crippen molar-refractivity contribution in [3.63, 3.8) is 0 Å². The fourth-order valence-electron chi connectivity index (χ4n) is 1.23. The van der Waals surface area contributed by atoms with Gasteiger partial charge in [0.15, 0.2) is 0 Å². The predicted octanol–water partition coefficient (Wildman–Crippen LogP) is 2.68. The number of rotatable bonds is 2. The number of benzene rings is 1. The maximum absolute atomic E-state index is 11.4. The number of sulfonamides is 1. The third-order valence-electron chi connectivity index (χ3n) is 2.26. The predicted molar refractivity (Wildman–Crippen MR) is 61.6 cm³/mol. The molecule has 1 aromatic carbocycles. The van der Waals surface area contributed by atoms with E-state index in [0.717, 1.165) is 5.56 Å². The van der Waals surface area contributed by atoms with Crippen molar-refractivity contribution in [1.82, 2.24) is 0 Å². The highest BCUT2D eigenvalue weighted by atomic mass is 32.2. The van der Waals surface area contributed by atoms with E-state index in [1.54, 1.807) is 12.1 Å². The van der Waals surface area contributed by atoms with Crippen molar-refractivity contribution in [3.8, 4) is 0 Å². The molecule has 3 nitrogen and oxygen atoms in total. The molecule has 0 radical (unpaired) electrons. The number of nitrogens with zero attached hydrogens (tertiary/aromatic N) is 1. The van der Waals surface area contributed by atoms with Crippen LogP contribution in [0.15, 0.2) is 29.2 Å². The zero-order chi connectivity index (χ0) is 11.7. The van der Waals surface area contributed by atoms with Crippen molar-refractivity contribution in [2.24, 2.45) is 0 Å². The Labute approximate surface area is 91.6 Å². The Morgan fingerprint density at radius 2 is 1.53 bits per heavy atom. The largest absolute Gasteiger partial charge is 0.547 e. The molecule has 0 aliphatic carbocycles. The van der Waals surface area contributed by atoms with Crippen molar-refractivity contribution in [1.29, 1.82) is 0 Å². The van der Waals surface area contributed by atoms with Gasteiger partial charge < -0.3 is 4.72 Å². The topological polar surface area (TPSA) is 48.2 Å². The first-order chi connectivity index (χ1) is 6.77. The van der Waals surface area contributed by atoms with E-state index in [1.165, 1.54) is 7.05 Å². The van der Waals surface area contributed by atoms with Gasteiger partial charge in [0, 0.05) is 4.90 Å². The quantitative estimate of drug-likeness (QED) is 0.778. The standard InChI is InChI=1S/C11H16NO2S/c1-11(2,3)9-5-7-10(8-6-9)15(13,14)12-4/h5-8H,1-4H3/q-1. The average molecular weight is 226 g/mol. The second-order valence-electron chi connectivity index (χ2n) is 4.43. The van der Waals surface area contributed by atoms with Crippen molar-refractivity contribution in [2.75, 3.05) is 7.05 Å². The zero-order valence-corrected chi connectivity index (χ0v) is 10.3. The first-order valence-corrected chi connectivity index (χ1v) is 6.18. The Balaban J connectivity index is 3.12. The van der Waals surface area contributed by atoms with Crippen molar-refractivity contribution < 1.29 is 8.42 Å². The van der Waals surface area contributed by atoms with E-state index in [9.17, 15) is 8.42 Å². The van der Waals surface area contributed by atoms with Crippen LogP contribution in [0.5, 0.6) is 0 Å². The smallest absolute Gasteiger partial charge is 0.101 e. The molecule has 0 unspecified atom stereocenters. The molecule has 0 fully saturated rings. The number of hydrogen-bond acceptors (Lipinski definition) is 2. The van der Waals surface area contributed by atoms with E-state index >= 15 is 0 Å². The van der Waals surface area contributed by atoms with Crippen LogP contribution in [0.1, 0.15) is 26.3 Å². The molecular formula is C11H16NO2S-. The van der Waals surface area contributed by atoms with Gasteiger partial charge in [-0.2, -0.15) is 7.05 Å². The molecule has 1 aromatic rings. The lowest BCUT2D eigenvalue weighted by molar-refractivity contribution is 0.587. The summed E-state index contributed by atoms with van der Waals surface area (Å²) in [7, 11) is -2.15. The molecule has 15 heavy (non-hydrogen) atoms. The highest BCUT2D eigenvalue weighted by Gasteiger charge is 2.13. The second kappa shape index (κ2) is 3.94. The highest BCUT2D eigenvalue weighted by molar-refractivity contribution is 7.94. The molecule has 0 heterocycles. The summed E-state index contributed by atoms with van der Waals surface area (Å²) in [6.07, 6.45) is 0. The van der Waals surface area contributed by atoms with Gasteiger partial charge in [0.25, 0.3) is 0 Å². The van der Waals surface area contributed by atoms with E-state index < -0.39 is 10.0 Å². The van der Waals surface area contributed by atoms with E-state index in [4.69, 9.17) is 0 Å². The van der Waals surface area contributed by atoms with Gasteiger partial charge in [-0.1, -0.05) is 32.9 Å². The van der Waals surface area contributed by atoms with Crippen molar-refractivity contribution >= 4 is 10.0 Å². The Bertz CT molecular complexity index is 427. The van der Waals surface area contributed by atoms with Crippen LogP contribution in [-0.2, 0) is 15.4 Å². The molecular weight excluding hydrogens is 210 g/mol. The van der Waals surface area contributed by atoms with E-state index in [1.807, 2.05) is 12.1 Å². The summed E-state index contributed by atoms with van der Waals surface area (Å²) in [4.78, 5) is 0.248. The molecule has 84 valence electrons. The van der Waals surface area contributed by atoms with E-state index in [-0.39, 0.29) is 10.3 Å². The molecule has 0 N–H and O–H groups in total. The van der Waals surface area contributed by atoms with Crippen molar-refractivity contribution in [2.45, 2.75) is 31.1 Å². The van der Waals surface area contributed by atoms with Gasteiger partial charge in [-0.05, 0) is 23.1 Å². The highest BCUT2D eigenvalue weighted by Crippen LogP contribution is 2.24. The van der Waals surface area contributed by atoms with Crippen LogP contribution in [0.2, 0.25) is 0 Å². The summed E-state index contributed by atoms with van der Waals surface area (Å²) >= 11 is 0. The van der Waals surface area contributed by atoms with Crippen LogP contribution in [0.4, 0.5) is 0 Å². The van der Waals surface area contributed by atoms with Crippen LogP contribution in [-0.4, -0.2) is 15.5 Å². The molecule has 0 amide bonds. The summed E-state index contributed by atoms with van der Waals surface area (Å²) in [5.74, 6) is 0. The molecule has 0 saturated heterocycles. The summed E-state index contributed by atoms with van der Waals surface area (Å²) in [6.45, 7) is 6.25. The SMILES string of the molecule is C[N-]S(=O)(=O)c1ccc(C(C)(C)C)cc1. The van der Waals surface area contributed by atoms with Gasteiger partial charge in [0.05, 0.1) is 0 Å². The molecule has 0 bridgehead atoms. The lowest BCUT2D eigenvalue weighted by Crippen LogP contribution is -2.11.